The number of methoxy groups -OCH3 is 1. The van der Waals surface area contributed by atoms with Crippen molar-refractivity contribution in [2.24, 2.45) is 0 Å². The molecule has 0 aromatic heterocycles. The number of aliphatic carboxylic acids is 1. The normalized spacial score (nSPS) is 20.4. The monoisotopic (exact) mass is 265 g/mol. The first-order chi connectivity index (χ1) is 9.19. The Hall–Kier alpha value is -1.43. The highest BCUT2D eigenvalue weighted by atomic mass is 16.5. The van der Waals surface area contributed by atoms with E-state index in [2.05, 4.69) is 11.0 Å². The van der Waals surface area contributed by atoms with Gasteiger partial charge in [0.05, 0.1) is 13.2 Å². The van der Waals surface area contributed by atoms with E-state index in [1.807, 2.05) is 18.2 Å². The van der Waals surface area contributed by atoms with E-state index < -0.39 is 12.1 Å². The third kappa shape index (κ3) is 4.02. The van der Waals surface area contributed by atoms with Crippen LogP contribution in [0.2, 0.25) is 0 Å². The molecule has 0 aliphatic carbocycles. The molecule has 1 aliphatic rings. The quantitative estimate of drug-likeness (QED) is 0.864. The highest BCUT2D eigenvalue weighted by Crippen LogP contribution is 2.12. The minimum atomic E-state index is -0.891. The molecule has 2 rings (SSSR count). The molecule has 104 valence electrons. The molecule has 1 aromatic carbocycles. The zero-order valence-corrected chi connectivity index (χ0v) is 11.0. The number of hydrogen-bond acceptors (Lipinski definition) is 4. The molecule has 1 aliphatic heterocycles. The van der Waals surface area contributed by atoms with E-state index >= 15 is 0 Å². The average molecular weight is 265 g/mol. The van der Waals surface area contributed by atoms with Crippen LogP contribution in [0.5, 0.6) is 0 Å². The van der Waals surface area contributed by atoms with Gasteiger partial charge >= 0.3 is 5.97 Å². The Morgan fingerprint density at radius 1 is 1.53 bits per heavy atom. The second-order valence-electron chi connectivity index (χ2n) is 4.69. The number of benzene rings is 1. The summed E-state index contributed by atoms with van der Waals surface area (Å²) in [6.07, 6.45) is -0.712. The van der Waals surface area contributed by atoms with Gasteiger partial charge in [-0.15, -0.1) is 0 Å². The molecular weight excluding hydrogens is 246 g/mol. The van der Waals surface area contributed by atoms with Crippen molar-refractivity contribution in [1.82, 2.24) is 4.90 Å². The molecule has 1 fully saturated rings. The molecule has 5 heteroatoms. The zero-order valence-electron chi connectivity index (χ0n) is 11.0. The van der Waals surface area contributed by atoms with E-state index in [4.69, 9.17) is 14.6 Å². The van der Waals surface area contributed by atoms with Gasteiger partial charge in [0.15, 0.2) is 6.10 Å². The number of nitrogens with zero attached hydrogens (tertiary/aromatic N) is 1. The summed E-state index contributed by atoms with van der Waals surface area (Å²) in [6, 6.07) is 8.16. The molecule has 0 saturated carbocycles. The van der Waals surface area contributed by atoms with Crippen LogP contribution >= 0.6 is 0 Å². The van der Waals surface area contributed by atoms with Gasteiger partial charge in [-0.3, -0.25) is 4.90 Å². The number of carboxylic acids is 1. The van der Waals surface area contributed by atoms with Crippen molar-refractivity contribution >= 4 is 5.97 Å². The summed E-state index contributed by atoms with van der Waals surface area (Å²) in [6.45, 7) is 3.00. The summed E-state index contributed by atoms with van der Waals surface area (Å²) in [5, 5.41) is 8.97. The maximum atomic E-state index is 10.9. The van der Waals surface area contributed by atoms with Crippen LogP contribution in [0.3, 0.4) is 0 Å². The third-order valence-electron chi connectivity index (χ3n) is 3.13. The van der Waals surface area contributed by atoms with E-state index in [0.29, 0.717) is 19.8 Å². The summed E-state index contributed by atoms with van der Waals surface area (Å²) in [5.41, 5.74) is 2.30. The van der Waals surface area contributed by atoms with Gasteiger partial charge in [0.1, 0.15) is 0 Å². The van der Waals surface area contributed by atoms with E-state index in [0.717, 1.165) is 18.7 Å². The number of ether oxygens (including phenoxy) is 2. The Balaban J connectivity index is 1.96. The van der Waals surface area contributed by atoms with E-state index in [1.165, 1.54) is 5.56 Å². The van der Waals surface area contributed by atoms with Crippen LogP contribution < -0.4 is 0 Å². The van der Waals surface area contributed by atoms with Crippen LogP contribution in [-0.2, 0) is 27.4 Å². The SMILES string of the molecule is COCc1cccc(CN2CCOC(C(=O)O)C2)c1. The van der Waals surface area contributed by atoms with E-state index in [9.17, 15) is 4.79 Å². The van der Waals surface area contributed by atoms with Gasteiger partial charge in [0.2, 0.25) is 0 Å². The van der Waals surface area contributed by atoms with Crippen LogP contribution in [0.1, 0.15) is 11.1 Å². The van der Waals surface area contributed by atoms with Crippen LogP contribution in [-0.4, -0.2) is 48.9 Å². The Bertz CT molecular complexity index is 435. The van der Waals surface area contributed by atoms with Crippen molar-refractivity contribution in [3.05, 3.63) is 35.4 Å². The number of rotatable bonds is 5. The lowest BCUT2D eigenvalue weighted by Crippen LogP contribution is -2.45. The van der Waals surface area contributed by atoms with Crippen molar-refractivity contribution in [2.75, 3.05) is 26.8 Å². The van der Waals surface area contributed by atoms with Gasteiger partial charge in [-0.2, -0.15) is 0 Å². The van der Waals surface area contributed by atoms with Crippen molar-refractivity contribution in [3.63, 3.8) is 0 Å². The van der Waals surface area contributed by atoms with Crippen molar-refractivity contribution in [1.29, 1.82) is 0 Å². The highest BCUT2D eigenvalue weighted by Gasteiger charge is 2.25. The van der Waals surface area contributed by atoms with Crippen LogP contribution in [0.15, 0.2) is 24.3 Å². The van der Waals surface area contributed by atoms with Gasteiger partial charge in [-0.05, 0) is 11.1 Å². The highest BCUT2D eigenvalue weighted by molar-refractivity contribution is 5.72. The van der Waals surface area contributed by atoms with Crippen LogP contribution in [0, 0.1) is 0 Å². The fourth-order valence-corrected chi connectivity index (χ4v) is 2.24. The number of carboxylic acid groups (broad SMARTS) is 1. The molecular formula is C14H19NO4. The lowest BCUT2D eigenvalue weighted by Gasteiger charge is -2.30. The zero-order chi connectivity index (χ0) is 13.7. The number of hydrogen-bond donors (Lipinski definition) is 1. The van der Waals surface area contributed by atoms with Gasteiger partial charge in [-0.1, -0.05) is 24.3 Å². The minimum absolute atomic E-state index is 0.434. The first-order valence-corrected chi connectivity index (χ1v) is 6.32. The molecule has 1 aromatic rings. The molecule has 1 N–H and O–H groups in total. The Morgan fingerprint density at radius 2 is 2.32 bits per heavy atom. The van der Waals surface area contributed by atoms with Crippen molar-refractivity contribution in [3.8, 4) is 0 Å². The van der Waals surface area contributed by atoms with Gasteiger partial charge in [0.25, 0.3) is 0 Å². The Morgan fingerprint density at radius 3 is 3.05 bits per heavy atom. The summed E-state index contributed by atoms with van der Waals surface area (Å²) in [4.78, 5) is 13.0. The largest absolute Gasteiger partial charge is 0.479 e. The van der Waals surface area contributed by atoms with Crippen LogP contribution in [0.25, 0.3) is 0 Å². The van der Waals surface area contributed by atoms with E-state index in [-0.39, 0.29) is 0 Å². The summed E-state index contributed by atoms with van der Waals surface area (Å²) >= 11 is 0. The minimum Gasteiger partial charge on any atom is -0.479 e. The lowest BCUT2D eigenvalue weighted by atomic mass is 10.1. The fraction of sp³-hybridized carbons (Fsp3) is 0.500. The number of carbonyl (C=O) groups is 1. The molecule has 1 saturated heterocycles. The lowest BCUT2D eigenvalue weighted by molar-refractivity contribution is -0.156. The smallest absolute Gasteiger partial charge is 0.334 e. The standard InChI is InChI=1S/C14H19NO4/c1-18-10-12-4-2-3-11(7-12)8-15-5-6-19-13(9-15)14(16)17/h2-4,7,13H,5-6,8-10H2,1H3,(H,16,17). The summed E-state index contributed by atoms with van der Waals surface area (Å²) in [7, 11) is 1.67. The van der Waals surface area contributed by atoms with Crippen molar-refractivity contribution < 1.29 is 19.4 Å². The summed E-state index contributed by atoms with van der Waals surface area (Å²) < 4.78 is 10.3. The summed E-state index contributed by atoms with van der Waals surface area (Å²) in [5.74, 6) is -0.891. The maximum absolute atomic E-state index is 10.9. The molecule has 19 heavy (non-hydrogen) atoms. The molecule has 0 amide bonds. The Kier molecular flexibility index (Phi) is 4.90. The predicted molar refractivity (Wildman–Crippen MR) is 69.8 cm³/mol. The van der Waals surface area contributed by atoms with Gasteiger partial charge < -0.3 is 14.6 Å². The second-order valence-corrected chi connectivity index (χ2v) is 4.69. The topological polar surface area (TPSA) is 59.0 Å². The van der Waals surface area contributed by atoms with Gasteiger partial charge in [-0.25, -0.2) is 4.79 Å². The van der Waals surface area contributed by atoms with Crippen LogP contribution in [0.4, 0.5) is 0 Å². The molecule has 1 atom stereocenters. The first kappa shape index (κ1) is 14.0. The average Bonchev–Trinajstić information content (AvgIpc) is 2.40. The van der Waals surface area contributed by atoms with Crippen molar-refractivity contribution in [2.45, 2.75) is 19.3 Å². The number of morpholine rings is 1. The van der Waals surface area contributed by atoms with Gasteiger partial charge in [0, 0.05) is 26.7 Å². The fourth-order valence-electron chi connectivity index (χ4n) is 2.24. The molecule has 5 nitrogen and oxygen atoms in total. The maximum Gasteiger partial charge on any atom is 0.334 e. The molecule has 0 bridgehead atoms. The molecule has 1 heterocycles. The van der Waals surface area contributed by atoms with E-state index in [1.54, 1.807) is 7.11 Å². The first-order valence-electron chi connectivity index (χ1n) is 6.32. The third-order valence-corrected chi connectivity index (χ3v) is 3.13. The molecule has 1 unspecified atom stereocenters. The molecule has 0 spiro atoms. The predicted octanol–water partition coefficient (Wildman–Crippen LogP) is 1.12. The molecule has 0 radical (unpaired) electrons. The second kappa shape index (κ2) is 6.65. The Labute approximate surface area is 112 Å².